The van der Waals surface area contributed by atoms with E-state index in [4.69, 9.17) is 15.7 Å². The zero-order chi connectivity index (χ0) is 12.4. The first-order valence-corrected chi connectivity index (χ1v) is 6.56. The largest absolute Gasteiger partial charge is 0.492 e. The first-order valence-electron chi connectivity index (χ1n) is 5.74. The maximum absolute atomic E-state index is 8.98. The van der Waals surface area contributed by atoms with Crippen LogP contribution in [0.5, 0.6) is 5.75 Å². The van der Waals surface area contributed by atoms with Gasteiger partial charge in [-0.2, -0.15) is 5.26 Å². The third-order valence-corrected chi connectivity index (χ3v) is 4.50. The average Bonchev–Trinajstić information content (AvgIpc) is 2.60. The number of methoxy groups -OCH3 is 1. The molecule has 1 aromatic heterocycles. The summed E-state index contributed by atoms with van der Waals surface area (Å²) in [5, 5.41) is 9.95. The topological polar surface area (TPSA) is 62.3 Å². The SMILES string of the molecule is COc1c(N(C)CC2CCC2)sc(C#N)c1N. The molecule has 1 aliphatic rings. The van der Waals surface area contributed by atoms with Gasteiger partial charge in [-0.1, -0.05) is 6.42 Å². The van der Waals surface area contributed by atoms with Gasteiger partial charge < -0.3 is 15.4 Å². The Balaban J connectivity index is 2.21. The summed E-state index contributed by atoms with van der Waals surface area (Å²) in [7, 11) is 3.63. The van der Waals surface area contributed by atoms with Crippen LogP contribution < -0.4 is 15.4 Å². The van der Waals surface area contributed by atoms with Crippen molar-refractivity contribution in [2.24, 2.45) is 5.92 Å². The molecule has 0 atom stereocenters. The van der Waals surface area contributed by atoms with Gasteiger partial charge in [-0.05, 0) is 18.8 Å². The first kappa shape index (κ1) is 12.1. The van der Waals surface area contributed by atoms with Crippen LogP contribution in [-0.2, 0) is 0 Å². The molecule has 1 aromatic rings. The smallest absolute Gasteiger partial charge is 0.177 e. The van der Waals surface area contributed by atoms with Crippen LogP contribution in [0, 0.1) is 17.2 Å². The maximum atomic E-state index is 8.98. The van der Waals surface area contributed by atoms with Crippen molar-refractivity contribution in [2.45, 2.75) is 19.3 Å². The molecular formula is C12H17N3OS. The predicted octanol–water partition coefficient (Wildman–Crippen LogP) is 2.45. The summed E-state index contributed by atoms with van der Waals surface area (Å²) in [5.74, 6) is 1.42. The van der Waals surface area contributed by atoms with Crippen LogP contribution in [0.2, 0.25) is 0 Å². The zero-order valence-corrected chi connectivity index (χ0v) is 11.0. The summed E-state index contributed by atoms with van der Waals surface area (Å²) >= 11 is 1.41. The second-order valence-electron chi connectivity index (χ2n) is 4.47. The quantitative estimate of drug-likeness (QED) is 0.892. The monoisotopic (exact) mass is 251 g/mol. The van der Waals surface area contributed by atoms with E-state index in [0.717, 1.165) is 17.5 Å². The zero-order valence-electron chi connectivity index (χ0n) is 10.2. The van der Waals surface area contributed by atoms with Gasteiger partial charge in [-0.25, -0.2) is 0 Å². The Kier molecular flexibility index (Phi) is 3.43. The summed E-state index contributed by atoms with van der Waals surface area (Å²) in [4.78, 5) is 2.70. The third kappa shape index (κ3) is 2.18. The van der Waals surface area contributed by atoms with E-state index in [0.29, 0.717) is 16.3 Å². The Morgan fingerprint density at radius 2 is 2.29 bits per heavy atom. The Hall–Kier alpha value is -1.41. The molecule has 0 radical (unpaired) electrons. The van der Waals surface area contributed by atoms with Crippen LogP contribution >= 0.6 is 11.3 Å². The number of nitrogen functional groups attached to an aromatic ring is 1. The van der Waals surface area contributed by atoms with Gasteiger partial charge in [0.25, 0.3) is 0 Å². The molecule has 0 aliphatic heterocycles. The second kappa shape index (κ2) is 4.84. The number of thiophene rings is 1. The first-order chi connectivity index (χ1) is 8.17. The number of anilines is 2. The van der Waals surface area contributed by atoms with Gasteiger partial charge in [0.05, 0.1) is 7.11 Å². The van der Waals surface area contributed by atoms with Gasteiger partial charge >= 0.3 is 0 Å². The molecule has 1 heterocycles. The van der Waals surface area contributed by atoms with E-state index in [9.17, 15) is 0 Å². The van der Waals surface area contributed by atoms with Gasteiger partial charge in [0.2, 0.25) is 0 Å². The van der Waals surface area contributed by atoms with Crippen LogP contribution in [0.1, 0.15) is 24.1 Å². The van der Waals surface area contributed by atoms with Crippen LogP contribution in [-0.4, -0.2) is 20.7 Å². The highest BCUT2D eigenvalue weighted by atomic mass is 32.1. The highest BCUT2D eigenvalue weighted by Gasteiger charge is 2.24. The summed E-state index contributed by atoms with van der Waals surface area (Å²) in [6, 6.07) is 2.11. The van der Waals surface area contributed by atoms with E-state index >= 15 is 0 Å². The van der Waals surface area contributed by atoms with Crippen molar-refractivity contribution < 1.29 is 4.74 Å². The van der Waals surface area contributed by atoms with Gasteiger partial charge in [0.1, 0.15) is 21.6 Å². The van der Waals surface area contributed by atoms with Gasteiger partial charge in [-0.3, -0.25) is 0 Å². The standard InChI is InChI=1S/C12H17N3OS/c1-15(7-8-4-3-5-8)12-11(16-2)10(14)9(6-13)17-12/h8H,3-5,7,14H2,1-2H3. The lowest BCUT2D eigenvalue weighted by Crippen LogP contribution is -2.28. The number of nitriles is 1. The lowest BCUT2D eigenvalue weighted by Gasteiger charge is -2.30. The molecule has 2 rings (SSSR count). The van der Waals surface area contributed by atoms with E-state index < -0.39 is 0 Å². The minimum atomic E-state index is 0.468. The second-order valence-corrected chi connectivity index (χ2v) is 5.47. The van der Waals surface area contributed by atoms with E-state index in [2.05, 4.69) is 11.0 Å². The lowest BCUT2D eigenvalue weighted by atomic mass is 9.85. The van der Waals surface area contributed by atoms with E-state index in [1.54, 1.807) is 7.11 Å². The Bertz CT molecular complexity index is 445. The average molecular weight is 251 g/mol. The van der Waals surface area contributed by atoms with Gasteiger partial charge in [0.15, 0.2) is 5.75 Å². The Morgan fingerprint density at radius 1 is 1.59 bits per heavy atom. The Morgan fingerprint density at radius 3 is 2.76 bits per heavy atom. The minimum absolute atomic E-state index is 0.468. The molecule has 4 nitrogen and oxygen atoms in total. The molecule has 1 saturated carbocycles. The fraction of sp³-hybridized carbons (Fsp3) is 0.583. The Labute approximate surface area is 106 Å². The van der Waals surface area contributed by atoms with Crippen molar-refractivity contribution in [3.63, 3.8) is 0 Å². The van der Waals surface area contributed by atoms with Crippen molar-refractivity contribution in [1.29, 1.82) is 5.26 Å². The van der Waals surface area contributed by atoms with Crippen LogP contribution in [0.3, 0.4) is 0 Å². The van der Waals surface area contributed by atoms with Crippen molar-refractivity contribution in [3.05, 3.63) is 4.88 Å². The highest BCUT2D eigenvalue weighted by molar-refractivity contribution is 7.17. The number of hydrogen-bond donors (Lipinski definition) is 1. The van der Waals surface area contributed by atoms with Crippen molar-refractivity contribution in [1.82, 2.24) is 0 Å². The lowest BCUT2D eigenvalue weighted by molar-refractivity contribution is 0.321. The van der Waals surface area contributed by atoms with E-state index in [-0.39, 0.29) is 0 Å². The maximum Gasteiger partial charge on any atom is 0.177 e. The molecular weight excluding hydrogens is 234 g/mol. The van der Waals surface area contributed by atoms with Crippen LogP contribution in [0.15, 0.2) is 0 Å². The minimum Gasteiger partial charge on any atom is -0.492 e. The van der Waals surface area contributed by atoms with Crippen molar-refractivity contribution in [3.8, 4) is 11.8 Å². The molecule has 0 spiro atoms. The molecule has 92 valence electrons. The molecule has 5 heteroatoms. The number of hydrogen-bond acceptors (Lipinski definition) is 5. The van der Waals surface area contributed by atoms with Crippen molar-refractivity contribution >= 4 is 22.0 Å². The molecule has 0 aromatic carbocycles. The van der Waals surface area contributed by atoms with E-state index in [1.165, 1.54) is 30.6 Å². The molecule has 0 saturated heterocycles. The molecule has 1 fully saturated rings. The van der Waals surface area contributed by atoms with Crippen molar-refractivity contribution in [2.75, 3.05) is 31.3 Å². The summed E-state index contributed by atoms with van der Waals surface area (Å²) < 4.78 is 5.31. The normalized spacial score (nSPS) is 15.1. The molecule has 0 amide bonds. The van der Waals surface area contributed by atoms with Crippen LogP contribution in [0.4, 0.5) is 10.7 Å². The number of nitrogens with two attached hydrogens (primary N) is 1. The summed E-state index contributed by atoms with van der Waals surface area (Å²) in [5.41, 5.74) is 6.34. The number of rotatable bonds is 4. The molecule has 1 aliphatic carbocycles. The number of nitrogens with zero attached hydrogens (tertiary/aromatic N) is 2. The predicted molar refractivity (Wildman–Crippen MR) is 70.6 cm³/mol. The summed E-state index contributed by atoms with van der Waals surface area (Å²) in [6.07, 6.45) is 3.95. The van der Waals surface area contributed by atoms with Gasteiger partial charge in [0, 0.05) is 13.6 Å². The number of ether oxygens (including phenoxy) is 1. The van der Waals surface area contributed by atoms with E-state index in [1.807, 2.05) is 7.05 Å². The molecule has 2 N–H and O–H groups in total. The fourth-order valence-electron chi connectivity index (χ4n) is 2.09. The highest BCUT2D eigenvalue weighted by Crippen LogP contribution is 2.44. The third-order valence-electron chi connectivity index (χ3n) is 3.29. The molecule has 0 unspecified atom stereocenters. The van der Waals surface area contributed by atoms with Gasteiger partial charge in [-0.15, -0.1) is 11.3 Å². The fourth-order valence-corrected chi connectivity index (χ4v) is 3.05. The summed E-state index contributed by atoms with van der Waals surface area (Å²) in [6.45, 7) is 1.02. The van der Waals surface area contributed by atoms with Crippen LogP contribution in [0.25, 0.3) is 0 Å². The molecule has 0 bridgehead atoms. The molecule has 17 heavy (non-hydrogen) atoms.